The van der Waals surface area contributed by atoms with E-state index in [1.54, 1.807) is 0 Å². The first kappa shape index (κ1) is 21.2. The lowest BCUT2D eigenvalue weighted by atomic mass is 9.93. The summed E-state index contributed by atoms with van der Waals surface area (Å²) >= 11 is 0. The van der Waals surface area contributed by atoms with E-state index in [0.29, 0.717) is 0 Å². The second-order valence-corrected chi connectivity index (χ2v) is 7.01. The van der Waals surface area contributed by atoms with Crippen LogP contribution in [0.15, 0.2) is 121 Å². The van der Waals surface area contributed by atoms with Crippen LogP contribution in [-0.4, -0.2) is 6.29 Å². The molecule has 30 heavy (non-hydrogen) atoms. The van der Waals surface area contributed by atoms with E-state index >= 15 is 0 Å². The van der Waals surface area contributed by atoms with Crippen molar-refractivity contribution in [2.24, 2.45) is 0 Å². The summed E-state index contributed by atoms with van der Waals surface area (Å²) in [6.07, 6.45) is 0.991. The third-order valence-corrected chi connectivity index (χ3v) is 4.80. The zero-order valence-electron chi connectivity index (χ0n) is 17.0. The number of aldehydes is 1. The van der Waals surface area contributed by atoms with Gasteiger partial charge in [0.25, 0.3) is 0 Å². The second-order valence-electron chi connectivity index (χ2n) is 7.01. The number of rotatable bonds is 7. The van der Waals surface area contributed by atoms with Crippen molar-refractivity contribution < 1.29 is 4.79 Å². The van der Waals surface area contributed by atoms with Crippen molar-refractivity contribution >= 4 is 6.29 Å². The van der Waals surface area contributed by atoms with Gasteiger partial charge < -0.3 is 10.1 Å². The van der Waals surface area contributed by atoms with E-state index in [1.165, 1.54) is 11.1 Å². The Morgan fingerprint density at radius 3 is 1.20 bits per heavy atom. The van der Waals surface area contributed by atoms with Crippen molar-refractivity contribution in [1.29, 1.82) is 0 Å². The summed E-state index contributed by atoms with van der Waals surface area (Å²) in [6, 6.07) is 40.5. The molecule has 0 aliphatic carbocycles. The van der Waals surface area contributed by atoms with Crippen molar-refractivity contribution in [2.75, 3.05) is 0 Å². The largest absolute Gasteiger partial charge is 0.309 e. The average molecular weight is 394 g/mol. The lowest BCUT2D eigenvalue weighted by Gasteiger charge is -2.10. The summed E-state index contributed by atoms with van der Waals surface area (Å²) in [5.41, 5.74) is 4.74. The Labute approximate surface area is 179 Å². The Balaban J connectivity index is 0.000000171. The molecule has 4 rings (SSSR count). The summed E-state index contributed by atoms with van der Waals surface area (Å²) < 4.78 is 0. The molecule has 0 radical (unpaired) electrons. The van der Waals surface area contributed by atoms with Crippen LogP contribution in [0.25, 0.3) is 0 Å². The molecule has 4 aromatic carbocycles. The number of carbonyl (C=O) groups excluding carboxylic acids is 1. The lowest BCUT2D eigenvalue weighted by Crippen LogP contribution is -2.12. The Bertz CT molecular complexity index is 891. The maximum Gasteiger partial charge on any atom is 0.131 e. The number of carbonyl (C=O) groups is 1. The van der Waals surface area contributed by atoms with Crippen LogP contribution in [0, 0.1) is 0 Å². The molecule has 0 unspecified atom stereocenters. The smallest absolute Gasteiger partial charge is 0.131 e. The van der Waals surface area contributed by atoms with Gasteiger partial charge in [-0.2, -0.15) is 0 Å². The molecule has 0 amide bonds. The minimum absolute atomic E-state index is 0.146. The van der Waals surface area contributed by atoms with Crippen LogP contribution in [0.5, 0.6) is 0 Å². The maximum atomic E-state index is 11.1. The van der Waals surface area contributed by atoms with Crippen LogP contribution in [-0.2, 0) is 17.9 Å². The van der Waals surface area contributed by atoms with Gasteiger partial charge in [-0.1, -0.05) is 121 Å². The van der Waals surface area contributed by atoms with Crippen molar-refractivity contribution in [1.82, 2.24) is 5.32 Å². The topological polar surface area (TPSA) is 29.1 Å². The molecule has 1 N–H and O–H groups in total. The van der Waals surface area contributed by atoms with Gasteiger partial charge in [-0.15, -0.1) is 0 Å². The van der Waals surface area contributed by atoms with Crippen LogP contribution in [0.2, 0.25) is 0 Å². The van der Waals surface area contributed by atoms with Crippen LogP contribution in [0.3, 0.4) is 0 Å². The average Bonchev–Trinajstić information content (AvgIpc) is 2.83. The van der Waals surface area contributed by atoms with E-state index in [0.717, 1.165) is 30.5 Å². The molecule has 0 saturated heterocycles. The van der Waals surface area contributed by atoms with Gasteiger partial charge in [-0.3, -0.25) is 0 Å². The molecule has 0 spiro atoms. The van der Waals surface area contributed by atoms with E-state index < -0.39 is 0 Å². The first-order chi connectivity index (χ1) is 14.9. The summed E-state index contributed by atoms with van der Waals surface area (Å²) in [7, 11) is 0. The summed E-state index contributed by atoms with van der Waals surface area (Å²) in [6.45, 7) is 1.85. The Morgan fingerprint density at radius 2 is 0.867 bits per heavy atom. The van der Waals surface area contributed by atoms with Gasteiger partial charge in [-0.25, -0.2) is 0 Å². The van der Waals surface area contributed by atoms with Gasteiger partial charge in [0, 0.05) is 13.1 Å². The molecular formula is C28H27NO. The highest BCUT2D eigenvalue weighted by Gasteiger charge is 2.11. The molecule has 0 aromatic heterocycles. The highest BCUT2D eigenvalue weighted by molar-refractivity contribution is 5.68. The zero-order chi connectivity index (χ0) is 20.9. The molecule has 2 nitrogen and oxygen atoms in total. The quantitative estimate of drug-likeness (QED) is 0.391. The van der Waals surface area contributed by atoms with Gasteiger partial charge in [0.1, 0.15) is 6.29 Å². The molecule has 150 valence electrons. The van der Waals surface area contributed by atoms with Crippen LogP contribution in [0.4, 0.5) is 0 Å². The van der Waals surface area contributed by atoms with Gasteiger partial charge in [0.05, 0.1) is 5.92 Å². The van der Waals surface area contributed by atoms with Gasteiger partial charge >= 0.3 is 0 Å². The van der Waals surface area contributed by atoms with E-state index in [9.17, 15) is 4.79 Å². The second kappa shape index (κ2) is 12.2. The van der Waals surface area contributed by atoms with Crippen LogP contribution in [0.1, 0.15) is 28.2 Å². The molecule has 0 fully saturated rings. The first-order valence-electron chi connectivity index (χ1n) is 10.2. The van der Waals surface area contributed by atoms with Gasteiger partial charge in [0.15, 0.2) is 0 Å². The molecule has 0 atom stereocenters. The zero-order valence-corrected chi connectivity index (χ0v) is 17.0. The van der Waals surface area contributed by atoms with E-state index in [1.807, 2.05) is 72.8 Å². The van der Waals surface area contributed by atoms with Crippen LogP contribution >= 0.6 is 0 Å². The molecule has 0 aliphatic rings. The summed E-state index contributed by atoms with van der Waals surface area (Å²) in [4.78, 5) is 11.1. The maximum absolute atomic E-state index is 11.1. The molecule has 0 bridgehead atoms. The first-order valence-corrected chi connectivity index (χ1v) is 10.2. The number of benzene rings is 4. The van der Waals surface area contributed by atoms with E-state index in [2.05, 4.69) is 53.8 Å². The molecule has 0 heterocycles. The fraction of sp³-hybridized carbons (Fsp3) is 0.107. The Kier molecular flexibility index (Phi) is 8.60. The molecule has 0 saturated carbocycles. The predicted octanol–water partition coefficient (Wildman–Crippen LogP) is 5.99. The third-order valence-electron chi connectivity index (χ3n) is 4.80. The van der Waals surface area contributed by atoms with E-state index in [-0.39, 0.29) is 5.92 Å². The Morgan fingerprint density at radius 1 is 0.533 bits per heavy atom. The van der Waals surface area contributed by atoms with Gasteiger partial charge in [-0.05, 0) is 22.3 Å². The molecule has 0 aliphatic heterocycles. The minimum Gasteiger partial charge on any atom is -0.309 e. The van der Waals surface area contributed by atoms with Gasteiger partial charge in [0.2, 0.25) is 0 Å². The SMILES string of the molecule is O=CC(c1ccccc1)c1ccccc1.c1ccc(CNCc2ccccc2)cc1. The highest BCUT2D eigenvalue weighted by Crippen LogP contribution is 2.21. The summed E-state index contributed by atoms with van der Waals surface area (Å²) in [5, 5.41) is 3.42. The normalized spacial score (nSPS) is 10.2. The number of hydrogen-bond donors (Lipinski definition) is 1. The third kappa shape index (κ3) is 6.84. The monoisotopic (exact) mass is 393 g/mol. The van der Waals surface area contributed by atoms with E-state index in [4.69, 9.17) is 0 Å². The molecular weight excluding hydrogens is 366 g/mol. The fourth-order valence-corrected chi connectivity index (χ4v) is 3.21. The van der Waals surface area contributed by atoms with Crippen molar-refractivity contribution in [3.8, 4) is 0 Å². The molecule has 4 aromatic rings. The van der Waals surface area contributed by atoms with Crippen molar-refractivity contribution in [3.05, 3.63) is 144 Å². The standard InChI is InChI=1S/C14H15N.C14H12O/c1-3-7-13(8-4-1)11-15-12-14-9-5-2-6-10-14;15-11-14(12-7-3-1-4-8-12)13-9-5-2-6-10-13/h1-10,15H,11-12H2;1-11,14H. The fourth-order valence-electron chi connectivity index (χ4n) is 3.21. The lowest BCUT2D eigenvalue weighted by molar-refractivity contribution is -0.108. The van der Waals surface area contributed by atoms with Crippen LogP contribution < -0.4 is 5.32 Å². The number of hydrogen-bond acceptors (Lipinski definition) is 2. The predicted molar refractivity (Wildman–Crippen MR) is 124 cm³/mol. The summed E-state index contributed by atoms with van der Waals surface area (Å²) in [5.74, 6) is -0.146. The minimum atomic E-state index is -0.146. The van der Waals surface area contributed by atoms with Crippen molar-refractivity contribution in [3.63, 3.8) is 0 Å². The van der Waals surface area contributed by atoms with Crippen molar-refractivity contribution in [2.45, 2.75) is 19.0 Å². The Hall–Kier alpha value is -3.49. The number of nitrogens with one attached hydrogen (secondary N) is 1. The highest BCUT2D eigenvalue weighted by atomic mass is 16.1. The molecule has 2 heteroatoms.